The SMILES string of the molecule is CCCCN1CN(CC)C(=O)c2c(OCc3ccccc3)c(=O)c(-c3ncc(Cc4ccc(F)cc4F)s3)cn21. The van der Waals surface area contributed by atoms with Crippen LogP contribution in [0.25, 0.3) is 10.6 Å². The predicted molar refractivity (Wildman–Crippen MR) is 151 cm³/mol. The summed E-state index contributed by atoms with van der Waals surface area (Å²) in [5, 5.41) is 2.47. The average molecular weight is 565 g/mol. The summed E-state index contributed by atoms with van der Waals surface area (Å²) < 4.78 is 35.5. The van der Waals surface area contributed by atoms with E-state index in [1.54, 1.807) is 22.0 Å². The monoisotopic (exact) mass is 564 g/mol. The highest BCUT2D eigenvalue weighted by molar-refractivity contribution is 7.15. The van der Waals surface area contributed by atoms with Crippen LogP contribution >= 0.6 is 11.3 Å². The molecule has 0 atom stereocenters. The third-order valence-electron chi connectivity index (χ3n) is 6.82. The summed E-state index contributed by atoms with van der Waals surface area (Å²) in [5.41, 5.74) is 1.25. The molecule has 1 aliphatic rings. The van der Waals surface area contributed by atoms with Gasteiger partial charge >= 0.3 is 0 Å². The van der Waals surface area contributed by atoms with Crippen LogP contribution in [0.4, 0.5) is 8.78 Å². The number of aromatic nitrogens is 2. The van der Waals surface area contributed by atoms with Crippen LogP contribution in [-0.2, 0) is 13.0 Å². The fraction of sp³-hybridized carbons (Fsp3) is 0.300. The van der Waals surface area contributed by atoms with Crippen LogP contribution in [0.2, 0.25) is 0 Å². The van der Waals surface area contributed by atoms with E-state index in [0.717, 1.165) is 24.5 Å². The summed E-state index contributed by atoms with van der Waals surface area (Å²) in [6.07, 6.45) is 5.33. The minimum Gasteiger partial charge on any atom is -0.482 e. The van der Waals surface area contributed by atoms with Crippen molar-refractivity contribution < 1.29 is 18.3 Å². The van der Waals surface area contributed by atoms with Crippen molar-refractivity contribution in [1.82, 2.24) is 14.6 Å². The highest BCUT2D eigenvalue weighted by Gasteiger charge is 2.34. The van der Waals surface area contributed by atoms with E-state index in [0.29, 0.717) is 40.8 Å². The highest BCUT2D eigenvalue weighted by Crippen LogP contribution is 2.30. The van der Waals surface area contributed by atoms with Gasteiger partial charge < -0.3 is 9.64 Å². The number of hydrogen-bond donors (Lipinski definition) is 0. The van der Waals surface area contributed by atoms with Crippen molar-refractivity contribution in [2.75, 3.05) is 24.8 Å². The summed E-state index contributed by atoms with van der Waals surface area (Å²) in [7, 11) is 0. The smallest absolute Gasteiger partial charge is 0.277 e. The molecule has 0 radical (unpaired) electrons. The zero-order chi connectivity index (χ0) is 28.2. The van der Waals surface area contributed by atoms with Gasteiger partial charge in [-0.15, -0.1) is 11.3 Å². The lowest BCUT2D eigenvalue weighted by Gasteiger charge is -2.39. The maximum absolute atomic E-state index is 14.3. The Morgan fingerprint density at radius 2 is 1.88 bits per heavy atom. The largest absolute Gasteiger partial charge is 0.482 e. The van der Waals surface area contributed by atoms with Gasteiger partial charge in [-0.3, -0.25) is 19.3 Å². The maximum atomic E-state index is 14.3. The van der Waals surface area contributed by atoms with Crippen LogP contribution < -0.4 is 15.2 Å². The molecule has 7 nitrogen and oxygen atoms in total. The van der Waals surface area contributed by atoms with Crippen LogP contribution in [0, 0.1) is 11.6 Å². The molecule has 2 aromatic carbocycles. The Balaban J connectivity index is 1.58. The van der Waals surface area contributed by atoms with Gasteiger partial charge in [0, 0.05) is 42.8 Å². The van der Waals surface area contributed by atoms with Gasteiger partial charge in [-0.1, -0.05) is 49.7 Å². The van der Waals surface area contributed by atoms with Crippen molar-refractivity contribution in [1.29, 1.82) is 0 Å². The lowest BCUT2D eigenvalue weighted by atomic mass is 10.1. The Morgan fingerprint density at radius 1 is 1.07 bits per heavy atom. The van der Waals surface area contributed by atoms with Gasteiger partial charge in [-0.2, -0.15) is 0 Å². The third-order valence-corrected chi connectivity index (χ3v) is 7.85. The van der Waals surface area contributed by atoms with Crippen LogP contribution in [-0.4, -0.2) is 40.2 Å². The van der Waals surface area contributed by atoms with E-state index in [1.165, 1.54) is 23.5 Å². The Hall–Kier alpha value is -4.05. The highest BCUT2D eigenvalue weighted by atomic mass is 32.1. The van der Waals surface area contributed by atoms with Gasteiger partial charge in [0.25, 0.3) is 5.91 Å². The van der Waals surface area contributed by atoms with Gasteiger partial charge in [0.15, 0.2) is 11.4 Å². The first-order chi connectivity index (χ1) is 19.4. The minimum atomic E-state index is -0.639. The maximum Gasteiger partial charge on any atom is 0.277 e. The van der Waals surface area contributed by atoms with Crippen molar-refractivity contribution in [2.45, 2.75) is 39.7 Å². The molecular weight excluding hydrogens is 534 g/mol. The van der Waals surface area contributed by atoms with Crippen molar-refractivity contribution >= 4 is 17.2 Å². The molecule has 0 saturated carbocycles. The minimum absolute atomic E-state index is 0.0210. The molecule has 0 bridgehead atoms. The first kappa shape index (κ1) is 27.5. The zero-order valence-corrected chi connectivity index (χ0v) is 23.2. The summed E-state index contributed by atoms with van der Waals surface area (Å²) in [6, 6.07) is 12.9. The number of unbranched alkanes of at least 4 members (excludes halogenated alkanes) is 1. The molecule has 0 fully saturated rings. The van der Waals surface area contributed by atoms with Crippen LogP contribution in [0.15, 0.2) is 65.7 Å². The number of benzene rings is 2. The Kier molecular flexibility index (Phi) is 8.25. The number of carbonyl (C=O) groups excluding carboxylic acids is 1. The number of hydrogen-bond acceptors (Lipinski definition) is 6. The van der Waals surface area contributed by atoms with E-state index in [2.05, 4.69) is 11.9 Å². The van der Waals surface area contributed by atoms with Gasteiger partial charge in [-0.25, -0.2) is 13.8 Å². The van der Waals surface area contributed by atoms with Crippen molar-refractivity contribution in [3.8, 4) is 16.3 Å². The molecule has 0 N–H and O–H groups in total. The zero-order valence-electron chi connectivity index (χ0n) is 22.4. The van der Waals surface area contributed by atoms with E-state index in [1.807, 2.05) is 42.3 Å². The molecule has 4 aromatic rings. The van der Waals surface area contributed by atoms with Crippen molar-refractivity contribution in [3.05, 3.63) is 104 Å². The van der Waals surface area contributed by atoms with Crippen LogP contribution in [0.1, 0.15) is 53.2 Å². The number of ether oxygens (including phenoxy) is 1. The number of rotatable bonds is 10. The Labute approximate surface area is 235 Å². The molecule has 0 unspecified atom stereocenters. The number of amides is 1. The molecule has 0 saturated heterocycles. The topological polar surface area (TPSA) is 67.7 Å². The molecule has 0 aliphatic carbocycles. The van der Waals surface area contributed by atoms with Crippen molar-refractivity contribution in [2.24, 2.45) is 0 Å². The lowest BCUT2D eigenvalue weighted by molar-refractivity contribution is 0.0694. The predicted octanol–water partition coefficient (Wildman–Crippen LogP) is 5.59. The second-order valence-electron chi connectivity index (χ2n) is 9.60. The normalized spacial score (nSPS) is 13.1. The van der Waals surface area contributed by atoms with Gasteiger partial charge in [-0.05, 0) is 30.5 Å². The summed E-state index contributed by atoms with van der Waals surface area (Å²) in [6.45, 7) is 5.68. The summed E-state index contributed by atoms with van der Waals surface area (Å²) >= 11 is 1.25. The first-order valence-electron chi connectivity index (χ1n) is 13.3. The van der Waals surface area contributed by atoms with E-state index in [-0.39, 0.29) is 30.4 Å². The van der Waals surface area contributed by atoms with E-state index < -0.39 is 17.1 Å². The number of pyridine rings is 1. The second-order valence-corrected chi connectivity index (χ2v) is 10.7. The van der Waals surface area contributed by atoms with Gasteiger partial charge in [0.1, 0.15) is 29.9 Å². The number of halogens is 2. The lowest BCUT2D eigenvalue weighted by Crippen LogP contribution is -2.54. The van der Waals surface area contributed by atoms with Crippen LogP contribution in [0.3, 0.4) is 0 Å². The number of thiazole rings is 1. The number of fused-ring (bicyclic) bond motifs is 1. The third kappa shape index (κ3) is 5.62. The molecular formula is C30H30F2N4O3S. The molecule has 3 heterocycles. The Bertz CT molecular complexity index is 1570. The second kappa shape index (κ2) is 12.0. The van der Waals surface area contributed by atoms with Gasteiger partial charge in [0.2, 0.25) is 5.43 Å². The number of carbonyl (C=O) groups is 1. The Morgan fingerprint density at radius 3 is 2.60 bits per heavy atom. The quantitative estimate of drug-likeness (QED) is 0.251. The van der Waals surface area contributed by atoms with Crippen LogP contribution in [0.5, 0.6) is 5.75 Å². The molecule has 1 aliphatic heterocycles. The molecule has 5 rings (SSSR count). The number of nitrogens with zero attached hydrogens (tertiary/aromatic N) is 4. The van der Waals surface area contributed by atoms with Crippen molar-refractivity contribution in [3.63, 3.8) is 0 Å². The molecule has 0 spiro atoms. The van der Waals surface area contributed by atoms with Gasteiger partial charge in [0.05, 0.1) is 5.56 Å². The molecule has 10 heteroatoms. The standard InChI is InChI=1S/C30H30F2N4O3S/c1-3-5-13-35-19-34(4-2)30(38)26-28(39-18-20-9-7-6-8-10-20)27(37)24(17-36(26)35)29-33-16-23(40-29)14-21-11-12-22(31)15-25(21)32/h6-12,15-17H,3-5,13-14,18-19H2,1-2H3. The summed E-state index contributed by atoms with van der Waals surface area (Å²) in [5.74, 6) is -1.56. The molecule has 1 amide bonds. The molecule has 208 valence electrons. The molecule has 40 heavy (non-hydrogen) atoms. The first-order valence-corrected chi connectivity index (χ1v) is 14.1. The molecule has 2 aromatic heterocycles. The van der Waals surface area contributed by atoms with E-state index >= 15 is 0 Å². The van der Waals surface area contributed by atoms with E-state index in [9.17, 15) is 18.4 Å². The van der Waals surface area contributed by atoms with E-state index in [4.69, 9.17) is 4.74 Å². The fourth-order valence-corrected chi connectivity index (χ4v) is 5.56. The summed E-state index contributed by atoms with van der Waals surface area (Å²) in [4.78, 5) is 34.3. The fourth-order valence-electron chi connectivity index (χ4n) is 4.62. The average Bonchev–Trinajstić information content (AvgIpc) is 3.42.